The van der Waals surface area contributed by atoms with E-state index in [2.05, 4.69) is 20.8 Å². The van der Waals surface area contributed by atoms with Gasteiger partial charge in [0.2, 0.25) is 11.8 Å². The molecule has 1 heterocycles. The van der Waals surface area contributed by atoms with Crippen LogP contribution in [0.15, 0.2) is 42.7 Å². The maximum absolute atomic E-state index is 13.8. The van der Waals surface area contributed by atoms with Crippen LogP contribution in [0.1, 0.15) is 18.9 Å². The summed E-state index contributed by atoms with van der Waals surface area (Å²) in [4.78, 5) is 26.3. The molecule has 0 atom stereocenters. The molecular weight excluding hydrogens is 413 g/mol. The molecule has 0 bridgehead atoms. The van der Waals surface area contributed by atoms with Crippen LogP contribution in [0.4, 0.5) is 18.9 Å². The highest BCUT2D eigenvalue weighted by atomic mass is 19.2. The molecule has 0 radical (unpaired) electrons. The van der Waals surface area contributed by atoms with Crippen molar-refractivity contribution in [2.24, 2.45) is 0 Å². The first-order valence-electron chi connectivity index (χ1n) is 9.42. The molecule has 0 aliphatic rings. The molecule has 0 aliphatic heterocycles. The number of aromatic nitrogens is 4. The van der Waals surface area contributed by atoms with Crippen molar-refractivity contribution in [1.82, 2.24) is 25.1 Å². The molecule has 162 valence electrons. The Hall–Kier alpha value is -3.76. The molecule has 11 heteroatoms. The topological polar surface area (TPSA) is 93.0 Å². The quantitative estimate of drug-likeness (QED) is 0.552. The van der Waals surface area contributed by atoms with E-state index in [0.717, 1.165) is 17.3 Å². The second kappa shape index (κ2) is 9.83. The number of carbonyl (C=O) groups is 2. The highest BCUT2D eigenvalue weighted by Crippen LogP contribution is 2.19. The molecule has 1 N–H and O–H groups in total. The molecule has 8 nitrogen and oxygen atoms in total. The van der Waals surface area contributed by atoms with Crippen LogP contribution in [0, 0.1) is 17.5 Å². The summed E-state index contributed by atoms with van der Waals surface area (Å²) in [5, 5.41) is 13.1. The SMILES string of the molecule is CCCN(CC(=O)Nc1ccc(F)c(F)c1F)C(=O)Cc1ccc(-n2cnnn2)cc1. The molecule has 0 unspecified atom stereocenters. The number of halogens is 3. The van der Waals surface area contributed by atoms with Crippen molar-refractivity contribution in [1.29, 1.82) is 0 Å². The van der Waals surface area contributed by atoms with Gasteiger partial charge in [0.05, 0.1) is 24.3 Å². The van der Waals surface area contributed by atoms with Crippen LogP contribution in [0.3, 0.4) is 0 Å². The fourth-order valence-electron chi connectivity index (χ4n) is 2.88. The van der Waals surface area contributed by atoms with Crippen LogP contribution in [0.25, 0.3) is 5.69 Å². The fourth-order valence-corrected chi connectivity index (χ4v) is 2.88. The number of benzene rings is 2. The predicted octanol–water partition coefficient (Wildman–Crippen LogP) is 2.50. The van der Waals surface area contributed by atoms with E-state index in [0.29, 0.717) is 19.0 Å². The summed E-state index contributed by atoms with van der Waals surface area (Å²) in [5.74, 6) is -5.56. The average Bonchev–Trinajstić information content (AvgIpc) is 3.29. The number of hydrogen-bond acceptors (Lipinski definition) is 5. The smallest absolute Gasteiger partial charge is 0.244 e. The summed E-state index contributed by atoms with van der Waals surface area (Å²) in [6.07, 6.45) is 2.08. The minimum absolute atomic E-state index is 0.0443. The van der Waals surface area contributed by atoms with Crippen molar-refractivity contribution >= 4 is 17.5 Å². The first-order chi connectivity index (χ1) is 14.9. The number of nitrogens with zero attached hydrogens (tertiary/aromatic N) is 5. The summed E-state index contributed by atoms with van der Waals surface area (Å²) in [5.41, 5.74) is 0.945. The minimum atomic E-state index is -1.68. The summed E-state index contributed by atoms with van der Waals surface area (Å²) >= 11 is 0. The molecule has 0 spiro atoms. The highest BCUT2D eigenvalue weighted by molar-refractivity contribution is 5.94. The van der Waals surface area contributed by atoms with E-state index in [4.69, 9.17) is 0 Å². The Morgan fingerprint density at radius 2 is 1.81 bits per heavy atom. The number of anilines is 1. The number of rotatable bonds is 8. The summed E-state index contributed by atoms with van der Waals surface area (Å²) in [6, 6.07) is 8.63. The van der Waals surface area contributed by atoms with Crippen molar-refractivity contribution < 1.29 is 22.8 Å². The lowest BCUT2D eigenvalue weighted by Crippen LogP contribution is -2.39. The van der Waals surface area contributed by atoms with E-state index in [-0.39, 0.29) is 18.9 Å². The Kier molecular flexibility index (Phi) is 6.96. The van der Waals surface area contributed by atoms with E-state index < -0.39 is 29.0 Å². The number of hydrogen-bond donors (Lipinski definition) is 1. The molecular formula is C20H19F3N6O2. The van der Waals surface area contributed by atoms with Gasteiger partial charge in [0.25, 0.3) is 0 Å². The Morgan fingerprint density at radius 3 is 2.45 bits per heavy atom. The van der Waals surface area contributed by atoms with Gasteiger partial charge in [-0.1, -0.05) is 19.1 Å². The maximum Gasteiger partial charge on any atom is 0.244 e. The molecule has 0 saturated heterocycles. The Morgan fingerprint density at radius 1 is 1.06 bits per heavy atom. The normalized spacial score (nSPS) is 10.7. The zero-order valence-electron chi connectivity index (χ0n) is 16.6. The maximum atomic E-state index is 13.8. The lowest BCUT2D eigenvalue weighted by atomic mass is 10.1. The van der Waals surface area contributed by atoms with Gasteiger partial charge in [0.15, 0.2) is 17.5 Å². The minimum Gasteiger partial charge on any atom is -0.333 e. The third kappa shape index (κ3) is 5.44. The van der Waals surface area contributed by atoms with Gasteiger partial charge in [-0.05, 0) is 46.7 Å². The monoisotopic (exact) mass is 432 g/mol. The first kappa shape index (κ1) is 21.9. The van der Waals surface area contributed by atoms with E-state index in [9.17, 15) is 22.8 Å². The van der Waals surface area contributed by atoms with Gasteiger partial charge in [-0.3, -0.25) is 9.59 Å². The van der Waals surface area contributed by atoms with Gasteiger partial charge in [0.1, 0.15) is 6.33 Å². The number of tetrazole rings is 1. The second-order valence-electron chi connectivity index (χ2n) is 6.68. The van der Waals surface area contributed by atoms with Crippen molar-refractivity contribution in [2.75, 3.05) is 18.4 Å². The van der Waals surface area contributed by atoms with Crippen LogP contribution in [-0.2, 0) is 16.0 Å². The third-order valence-electron chi connectivity index (χ3n) is 4.40. The molecule has 31 heavy (non-hydrogen) atoms. The van der Waals surface area contributed by atoms with Gasteiger partial charge in [-0.25, -0.2) is 17.9 Å². The summed E-state index contributed by atoms with van der Waals surface area (Å²) in [7, 11) is 0. The lowest BCUT2D eigenvalue weighted by Gasteiger charge is -2.22. The Bertz CT molecular complexity index is 1060. The standard InChI is InChI=1S/C20H19F3N6O2/c1-2-9-28(11-17(30)25-16-8-7-15(21)19(22)20(16)23)18(31)10-13-3-5-14(6-4-13)29-12-24-26-27-29/h3-8,12H,2,9-11H2,1H3,(H,25,30). The zero-order chi connectivity index (χ0) is 22.4. The number of amides is 2. The van der Waals surface area contributed by atoms with E-state index in [1.165, 1.54) is 15.9 Å². The zero-order valence-corrected chi connectivity index (χ0v) is 16.6. The Labute approximate surface area is 175 Å². The van der Waals surface area contributed by atoms with Crippen molar-refractivity contribution in [3.8, 4) is 5.69 Å². The second-order valence-corrected chi connectivity index (χ2v) is 6.68. The third-order valence-corrected chi connectivity index (χ3v) is 4.40. The molecule has 0 aliphatic carbocycles. The molecule has 2 amide bonds. The van der Waals surface area contributed by atoms with Gasteiger partial charge in [0, 0.05) is 6.54 Å². The largest absolute Gasteiger partial charge is 0.333 e. The lowest BCUT2D eigenvalue weighted by molar-refractivity contribution is -0.134. The van der Waals surface area contributed by atoms with Gasteiger partial charge in [-0.15, -0.1) is 5.10 Å². The van der Waals surface area contributed by atoms with Crippen LogP contribution < -0.4 is 5.32 Å². The highest BCUT2D eigenvalue weighted by Gasteiger charge is 2.20. The van der Waals surface area contributed by atoms with Crippen LogP contribution in [0.5, 0.6) is 0 Å². The van der Waals surface area contributed by atoms with Crippen molar-refractivity contribution in [3.05, 3.63) is 65.7 Å². The number of nitrogens with one attached hydrogen (secondary N) is 1. The van der Waals surface area contributed by atoms with Crippen LogP contribution in [0.2, 0.25) is 0 Å². The molecule has 3 aromatic rings. The predicted molar refractivity (Wildman–Crippen MR) is 105 cm³/mol. The summed E-state index contributed by atoms with van der Waals surface area (Å²) in [6.45, 7) is 1.79. The van der Waals surface area contributed by atoms with Gasteiger partial charge < -0.3 is 10.2 Å². The van der Waals surface area contributed by atoms with E-state index in [1.54, 1.807) is 24.3 Å². The molecule has 3 rings (SSSR count). The molecule has 1 aromatic heterocycles. The van der Waals surface area contributed by atoms with Crippen LogP contribution in [-0.4, -0.2) is 50.0 Å². The molecule has 2 aromatic carbocycles. The van der Waals surface area contributed by atoms with Crippen molar-refractivity contribution in [2.45, 2.75) is 19.8 Å². The average molecular weight is 432 g/mol. The summed E-state index contributed by atoms with van der Waals surface area (Å²) < 4.78 is 41.6. The molecule has 0 saturated carbocycles. The van der Waals surface area contributed by atoms with Gasteiger partial charge >= 0.3 is 0 Å². The van der Waals surface area contributed by atoms with Crippen molar-refractivity contribution in [3.63, 3.8) is 0 Å². The van der Waals surface area contributed by atoms with Crippen LogP contribution >= 0.6 is 0 Å². The molecule has 0 fully saturated rings. The Balaban J connectivity index is 1.63. The number of carbonyl (C=O) groups excluding carboxylic acids is 2. The van der Waals surface area contributed by atoms with E-state index >= 15 is 0 Å². The van der Waals surface area contributed by atoms with E-state index in [1.807, 2.05) is 6.92 Å². The van der Waals surface area contributed by atoms with Gasteiger partial charge in [-0.2, -0.15) is 0 Å². The fraction of sp³-hybridized carbons (Fsp3) is 0.250. The first-order valence-corrected chi connectivity index (χ1v) is 9.42.